The van der Waals surface area contributed by atoms with Gasteiger partial charge in [0, 0.05) is 44.9 Å². The highest BCUT2D eigenvalue weighted by Gasteiger charge is 2.42. The second kappa shape index (κ2) is 18.0. The third-order valence-electron chi connectivity index (χ3n) is 16.5. The number of nitrogens with zero attached hydrogens (tertiary/aromatic N) is 6. The van der Waals surface area contributed by atoms with Crippen LogP contribution < -0.4 is 25.6 Å². The van der Waals surface area contributed by atoms with E-state index in [4.69, 9.17) is 15.0 Å². The van der Waals surface area contributed by atoms with E-state index < -0.39 is 8.07 Å². The van der Waals surface area contributed by atoms with Gasteiger partial charge in [0.2, 0.25) is 11.9 Å². The molecule has 1 aliphatic carbocycles. The first-order valence-corrected chi connectivity index (χ1v) is 28.4. The fraction of sp³-hybridized carbons (Fsp3) is 0.149. The SMILES string of the molecule is CC1CC2CC(C)N(c3ccc4c(c3)c3ccccc3n4-c3nc(-c4cccc([Si](c5ccccc5)(c5ccccc5)c5ccccc5)c4)nc(-n4c5ccccc5c5cc(-c6ccccc6)ccc54)n3)C(C1)C2. The maximum absolute atomic E-state index is 5.62. The molecule has 0 spiro atoms. The van der Waals surface area contributed by atoms with Crippen molar-refractivity contribution in [2.75, 3.05) is 4.90 Å². The Labute approximate surface area is 433 Å². The van der Waals surface area contributed by atoms with E-state index in [1.807, 2.05) is 0 Å². The van der Waals surface area contributed by atoms with Gasteiger partial charge in [0.15, 0.2) is 13.9 Å². The van der Waals surface area contributed by atoms with Crippen molar-refractivity contribution in [3.63, 3.8) is 0 Å². The number of hydrogen-bond donors (Lipinski definition) is 0. The van der Waals surface area contributed by atoms with E-state index in [0.29, 0.717) is 29.8 Å². The second-order valence-corrected chi connectivity index (χ2v) is 24.8. The van der Waals surface area contributed by atoms with Gasteiger partial charge >= 0.3 is 0 Å². The number of fused-ring (bicyclic) bond motifs is 8. The summed E-state index contributed by atoms with van der Waals surface area (Å²) in [6.45, 7) is 4.89. The van der Waals surface area contributed by atoms with Crippen molar-refractivity contribution >= 4 is 78.1 Å². The third-order valence-corrected chi connectivity index (χ3v) is 21.3. The maximum Gasteiger partial charge on any atom is 0.240 e. The summed E-state index contributed by atoms with van der Waals surface area (Å²) in [7, 11) is -2.90. The highest BCUT2D eigenvalue weighted by atomic mass is 28.3. The maximum atomic E-state index is 5.62. The zero-order valence-electron chi connectivity index (χ0n) is 41.8. The molecule has 12 aromatic rings. The smallest absolute Gasteiger partial charge is 0.240 e. The summed E-state index contributed by atoms with van der Waals surface area (Å²) in [6, 6.07) is 85.5. The summed E-state index contributed by atoms with van der Waals surface area (Å²) >= 11 is 0. The van der Waals surface area contributed by atoms with Crippen LogP contribution in [0.1, 0.15) is 39.5 Å². The molecule has 9 aromatic carbocycles. The zero-order chi connectivity index (χ0) is 49.3. The molecule has 4 atom stereocenters. The van der Waals surface area contributed by atoms with Gasteiger partial charge in [0.05, 0.1) is 22.1 Å². The van der Waals surface area contributed by atoms with E-state index >= 15 is 0 Å². The van der Waals surface area contributed by atoms with Crippen LogP contribution in [0.4, 0.5) is 5.69 Å². The van der Waals surface area contributed by atoms with Crippen LogP contribution in [-0.2, 0) is 0 Å². The molecule has 1 saturated heterocycles. The van der Waals surface area contributed by atoms with E-state index in [2.05, 4.69) is 258 Å². The number of rotatable bonds is 9. The summed E-state index contributed by atoms with van der Waals surface area (Å²) < 4.78 is 4.53. The van der Waals surface area contributed by atoms with Crippen molar-refractivity contribution in [3.8, 4) is 34.4 Å². The highest BCUT2D eigenvalue weighted by molar-refractivity contribution is 7.19. The number of hydrogen-bond acceptors (Lipinski definition) is 4. The molecule has 0 amide bonds. The van der Waals surface area contributed by atoms with Gasteiger partial charge < -0.3 is 4.90 Å². The van der Waals surface area contributed by atoms with Gasteiger partial charge in [-0.2, -0.15) is 15.0 Å². The fourth-order valence-corrected chi connectivity index (χ4v) is 18.3. The summed E-state index contributed by atoms with van der Waals surface area (Å²) in [5, 5.41) is 9.87. The quantitative estimate of drug-likeness (QED) is 0.107. The van der Waals surface area contributed by atoms with E-state index in [1.54, 1.807) is 0 Å². The van der Waals surface area contributed by atoms with Crippen molar-refractivity contribution < 1.29 is 0 Å². The monoisotopic (exact) mass is 972 g/mol. The Morgan fingerprint density at radius 3 is 1.49 bits per heavy atom. The standard InChI is InChI=1S/C67H56N6Si/c1-45-38-47-40-46(2)71(52(39-45)41-47)51-35-37-64-60(44-51)58-31-16-18-33-62(58)73(64)67-69-65(68-66(70-67)72-61-32-17-15-30-57(61)59-43-49(34-36-63(59)72)48-20-7-3-8-21-48)50-22-19-29-56(42-50)74(53-23-9-4-10-24-53,54-25-11-5-12-26-54)55-27-13-6-14-28-55/h3-37,42-47,52H,38-41H2,1-2H3. The number of aromatic nitrogens is 5. The van der Waals surface area contributed by atoms with Gasteiger partial charge in [0.1, 0.15) is 0 Å². The van der Waals surface area contributed by atoms with Crippen LogP contribution in [0.15, 0.2) is 231 Å². The van der Waals surface area contributed by atoms with Crippen LogP contribution in [0.3, 0.4) is 0 Å². The Hall–Kier alpha value is -8.39. The van der Waals surface area contributed by atoms with E-state index in [-0.39, 0.29) is 0 Å². The van der Waals surface area contributed by atoms with Gasteiger partial charge in [-0.3, -0.25) is 9.13 Å². The van der Waals surface area contributed by atoms with Gasteiger partial charge in [-0.1, -0.05) is 195 Å². The lowest BCUT2D eigenvalue weighted by atomic mass is 9.72. The van der Waals surface area contributed by atoms with E-state index in [9.17, 15) is 0 Å². The lowest BCUT2D eigenvalue weighted by Crippen LogP contribution is -2.74. The molecule has 3 aromatic heterocycles. The van der Waals surface area contributed by atoms with Crippen molar-refractivity contribution in [3.05, 3.63) is 231 Å². The van der Waals surface area contributed by atoms with Crippen LogP contribution in [0.25, 0.3) is 78.0 Å². The summed E-state index contributed by atoms with van der Waals surface area (Å²) in [5.74, 6) is 3.33. The zero-order valence-corrected chi connectivity index (χ0v) is 42.8. The Kier molecular flexibility index (Phi) is 10.8. The van der Waals surface area contributed by atoms with Crippen molar-refractivity contribution in [1.29, 1.82) is 0 Å². The molecule has 2 aliphatic rings. The average Bonchev–Trinajstić information content (AvgIpc) is 3.97. The van der Waals surface area contributed by atoms with Gasteiger partial charge in [-0.25, -0.2) is 0 Å². The molecular formula is C67H56N6Si. The predicted octanol–water partition coefficient (Wildman–Crippen LogP) is 13.2. The van der Waals surface area contributed by atoms with Crippen molar-refractivity contribution in [1.82, 2.24) is 24.1 Å². The van der Waals surface area contributed by atoms with Gasteiger partial charge in [-0.05, 0) is 119 Å². The molecule has 2 fully saturated rings. The minimum absolute atomic E-state index is 0.490. The molecule has 1 aliphatic heterocycles. The fourth-order valence-electron chi connectivity index (χ4n) is 13.5. The largest absolute Gasteiger partial charge is 0.366 e. The molecule has 0 radical (unpaired) electrons. The third kappa shape index (κ3) is 7.24. The second-order valence-electron chi connectivity index (χ2n) is 21.0. The highest BCUT2D eigenvalue weighted by Crippen LogP contribution is 2.44. The lowest BCUT2D eigenvalue weighted by Gasteiger charge is -2.50. The minimum Gasteiger partial charge on any atom is -0.366 e. The Bertz CT molecular complexity index is 3940. The molecule has 6 nitrogen and oxygen atoms in total. The van der Waals surface area contributed by atoms with Crippen molar-refractivity contribution in [2.45, 2.75) is 51.6 Å². The topological polar surface area (TPSA) is 51.8 Å². The Morgan fingerprint density at radius 1 is 0.378 bits per heavy atom. The van der Waals surface area contributed by atoms with Crippen LogP contribution >= 0.6 is 0 Å². The molecule has 7 heteroatoms. The summed E-state index contributed by atoms with van der Waals surface area (Å²) in [5.41, 5.74) is 8.79. The van der Waals surface area contributed by atoms with Gasteiger partial charge in [-0.15, -0.1) is 0 Å². The van der Waals surface area contributed by atoms with Crippen LogP contribution in [0.2, 0.25) is 0 Å². The number of anilines is 1. The molecular weight excluding hydrogens is 917 g/mol. The number of piperidine rings is 1. The average molecular weight is 973 g/mol. The molecule has 4 unspecified atom stereocenters. The molecule has 74 heavy (non-hydrogen) atoms. The summed E-state index contributed by atoms with van der Waals surface area (Å²) in [4.78, 5) is 19.6. The number of benzene rings is 9. The van der Waals surface area contributed by atoms with Crippen LogP contribution in [0, 0.1) is 11.8 Å². The first-order valence-electron chi connectivity index (χ1n) is 26.4. The van der Waals surface area contributed by atoms with Crippen LogP contribution in [-0.4, -0.2) is 44.2 Å². The number of para-hydroxylation sites is 2. The van der Waals surface area contributed by atoms with E-state index in [0.717, 1.165) is 50.2 Å². The Balaban J connectivity index is 1.02. The molecule has 1 saturated carbocycles. The first-order chi connectivity index (χ1) is 36.5. The van der Waals surface area contributed by atoms with Crippen LogP contribution in [0.5, 0.6) is 0 Å². The van der Waals surface area contributed by atoms with E-state index in [1.165, 1.54) is 74.0 Å². The van der Waals surface area contributed by atoms with Crippen molar-refractivity contribution in [2.24, 2.45) is 11.8 Å². The molecule has 4 heterocycles. The normalized spacial score (nSPS) is 17.9. The minimum atomic E-state index is -2.90. The first kappa shape index (κ1) is 44.3. The molecule has 2 bridgehead atoms. The Morgan fingerprint density at radius 2 is 0.878 bits per heavy atom. The summed E-state index contributed by atoms with van der Waals surface area (Å²) in [6.07, 6.45) is 5.15. The lowest BCUT2D eigenvalue weighted by molar-refractivity contribution is 0.179. The molecule has 14 rings (SSSR count). The molecule has 0 N–H and O–H groups in total. The van der Waals surface area contributed by atoms with Gasteiger partial charge in [0.25, 0.3) is 0 Å². The predicted molar refractivity (Wildman–Crippen MR) is 310 cm³/mol. The molecule has 358 valence electrons.